The van der Waals surface area contributed by atoms with Crippen LogP contribution in [0.5, 0.6) is 5.75 Å². The third-order valence-corrected chi connectivity index (χ3v) is 7.56. The normalized spacial score (nSPS) is 15.4. The minimum Gasteiger partial charge on any atom is -0.478 e. The number of ether oxygens (including phenoxy) is 2. The lowest BCUT2D eigenvalue weighted by Crippen LogP contribution is -2.49. The summed E-state index contributed by atoms with van der Waals surface area (Å²) < 4.78 is 33.6. The van der Waals surface area contributed by atoms with Crippen molar-refractivity contribution in [2.45, 2.75) is 58.3 Å². The molecular formula is C28H31Cl2FN5O4+. The quantitative estimate of drug-likeness (QED) is 0.194. The molecule has 4 aromatic rings. The summed E-state index contributed by atoms with van der Waals surface area (Å²) in [5, 5.41) is 4.15. The Morgan fingerprint density at radius 1 is 1.30 bits per heavy atom. The Morgan fingerprint density at radius 2 is 2.02 bits per heavy atom. The molecule has 1 aliphatic heterocycles. The van der Waals surface area contributed by atoms with Crippen molar-refractivity contribution in [3.63, 3.8) is 0 Å². The number of carbonyl (C=O) groups is 1. The van der Waals surface area contributed by atoms with Crippen LogP contribution in [0.2, 0.25) is 10.0 Å². The van der Waals surface area contributed by atoms with E-state index in [0.29, 0.717) is 29.6 Å². The number of piperidine rings is 1. The minimum absolute atomic E-state index is 0.116. The molecule has 0 bridgehead atoms. The van der Waals surface area contributed by atoms with Gasteiger partial charge in [-0.1, -0.05) is 23.2 Å². The highest BCUT2D eigenvalue weighted by Gasteiger charge is 2.32. The number of furan rings is 1. The molecule has 1 aliphatic rings. The first kappa shape index (κ1) is 28.0. The van der Waals surface area contributed by atoms with Crippen LogP contribution in [0.15, 0.2) is 41.4 Å². The van der Waals surface area contributed by atoms with Crippen LogP contribution in [-0.4, -0.2) is 39.8 Å². The van der Waals surface area contributed by atoms with E-state index in [9.17, 15) is 9.18 Å². The predicted octanol–water partition coefficient (Wildman–Crippen LogP) is 6.85. The summed E-state index contributed by atoms with van der Waals surface area (Å²) in [6.45, 7) is 8.50. The second kappa shape index (κ2) is 10.8. The SMILES string of the molecule is CC(Oc1c(N)ncc2c(-c3c[nH][n+](C4CCN(C(=O)OC(C)(C)C)CC4)c3)coc12)c1c(Cl)ccc(F)c1Cl. The molecule has 3 aromatic heterocycles. The highest BCUT2D eigenvalue weighted by atomic mass is 35.5. The Bertz CT molecular complexity index is 1560. The number of halogens is 3. The lowest BCUT2D eigenvalue weighted by Gasteiger charge is -2.31. The molecule has 3 N–H and O–H groups in total. The topological polar surface area (TPSA) is 110 Å². The van der Waals surface area contributed by atoms with Crippen molar-refractivity contribution < 1.29 is 27.8 Å². The Hall–Kier alpha value is -3.50. The Labute approximate surface area is 240 Å². The Balaban J connectivity index is 1.35. The van der Waals surface area contributed by atoms with Gasteiger partial charge in [-0.05, 0) is 39.8 Å². The number of hydrogen-bond acceptors (Lipinski definition) is 6. The maximum atomic E-state index is 14.1. The number of carbonyl (C=O) groups excluding carboxylic acids is 1. The first-order valence-electron chi connectivity index (χ1n) is 13.0. The molecule has 4 heterocycles. The third kappa shape index (κ3) is 5.55. The average Bonchev–Trinajstić information content (AvgIpc) is 3.55. The zero-order valence-corrected chi connectivity index (χ0v) is 24.1. The number of nitrogens with zero attached hydrogens (tertiary/aromatic N) is 3. The van der Waals surface area contributed by atoms with Gasteiger partial charge in [0.25, 0.3) is 0 Å². The molecule has 0 spiro atoms. The number of nitrogens with one attached hydrogen (secondary N) is 1. The summed E-state index contributed by atoms with van der Waals surface area (Å²) in [6.07, 6.45) is 7.68. The first-order valence-corrected chi connectivity index (χ1v) is 13.7. The van der Waals surface area contributed by atoms with Crippen LogP contribution in [0, 0.1) is 5.82 Å². The van der Waals surface area contributed by atoms with E-state index in [-0.39, 0.29) is 33.7 Å². The van der Waals surface area contributed by atoms with E-state index in [2.05, 4.69) is 10.1 Å². The summed E-state index contributed by atoms with van der Waals surface area (Å²) in [7, 11) is 0. The van der Waals surface area contributed by atoms with Crippen LogP contribution in [0.25, 0.3) is 22.1 Å². The molecule has 1 fully saturated rings. The zero-order chi connectivity index (χ0) is 28.8. The van der Waals surface area contributed by atoms with Crippen LogP contribution in [0.4, 0.5) is 15.0 Å². The van der Waals surface area contributed by atoms with E-state index in [1.807, 2.05) is 37.8 Å². The molecule has 1 aromatic carbocycles. The summed E-state index contributed by atoms with van der Waals surface area (Å²) in [5.74, 6) is -0.271. The van der Waals surface area contributed by atoms with E-state index in [1.165, 1.54) is 12.1 Å². The monoisotopic (exact) mass is 590 g/mol. The molecule has 1 unspecified atom stereocenters. The van der Waals surface area contributed by atoms with Gasteiger partial charge in [-0.25, -0.2) is 14.2 Å². The minimum atomic E-state index is -0.736. The number of pyridine rings is 1. The summed E-state index contributed by atoms with van der Waals surface area (Å²) in [4.78, 5) is 18.5. The van der Waals surface area contributed by atoms with E-state index < -0.39 is 17.5 Å². The highest BCUT2D eigenvalue weighted by Crippen LogP contribution is 2.41. The third-order valence-electron chi connectivity index (χ3n) is 6.85. The van der Waals surface area contributed by atoms with E-state index in [1.54, 1.807) is 24.3 Å². The number of H-pyrrole nitrogens is 1. The van der Waals surface area contributed by atoms with E-state index >= 15 is 0 Å². The zero-order valence-electron chi connectivity index (χ0n) is 22.6. The van der Waals surface area contributed by atoms with Crippen molar-refractivity contribution in [1.29, 1.82) is 0 Å². The number of nitrogen functional groups attached to an aromatic ring is 1. The predicted molar refractivity (Wildman–Crippen MR) is 150 cm³/mol. The number of aromatic amines is 1. The second-order valence-electron chi connectivity index (χ2n) is 10.8. The number of fused-ring (bicyclic) bond motifs is 1. The van der Waals surface area contributed by atoms with Crippen LogP contribution in [-0.2, 0) is 4.74 Å². The lowest BCUT2D eigenvalue weighted by molar-refractivity contribution is -0.775. The number of likely N-dealkylation sites (tertiary alicyclic amines) is 1. The molecule has 40 heavy (non-hydrogen) atoms. The van der Waals surface area contributed by atoms with Crippen molar-refractivity contribution in [3.05, 3.63) is 58.4 Å². The van der Waals surface area contributed by atoms with Crippen molar-refractivity contribution >= 4 is 46.1 Å². The molecule has 12 heteroatoms. The summed E-state index contributed by atoms with van der Waals surface area (Å²) >= 11 is 12.5. The van der Waals surface area contributed by atoms with Crippen molar-refractivity contribution in [1.82, 2.24) is 15.0 Å². The van der Waals surface area contributed by atoms with Crippen LogP contribution in [0.3, 0.4) is 0 Å². The number of amides is 1. The first-order chi connectivity index (χ1) is 18.9. The van der Waals surface area contributed by atoms with Crippen LogP contribution < -0.4 is 15.2 Å². The average molecular weight is 591 g/mol. The van der Waals surface area contributed by atoms with Gasteiger partial charge in [0.1, 0.15) is 23.8 Å². The smallest absolute Gasteiger partial charge is 0.410 e. The molecule has 5 rings (SSSR count). The molecule has 1 atom stereocenters. The van der Waals surface area contributed by atoms with Gasteiger partial charge in [0.2, 0.25) is 11.9 Å². The molecule has 0 aliphatic carbocycles. The largest absolute Gasteiger partial charge is 0.478 e. The maximum Gasteiger partial charge on any atom is 0.410 e. The maximum absolute atomic E-state index is 14.1. The standard InChI is InChI=1S/C28H30Cl2FN5O4/c1-15(22-20(29)5-6-21(31)23(22)30)39-25-24-18(12-33-26(25)32)19(14-38-24)16-11-34-36(13-16)17-7-9-35(10-8-17)27(37)40-28(2,3)4/h5-6,11-15,17H,7-10H2,1-4H3,(H2,32,33)/p+1. The van der Waals surface area contributed by atoms with Crippen molar-refractivity contribution in [2.24, 2.45) is 0 Å². The van der Waals surface area contributed by atoms with Crippen molar-refractivity contribution in [2.75, 3.05) is 18.8 Å². The highest BCUT2D eigenvalue weighted by molar-refractivity contribution is 6.36. The molecule has 1 amide bonds. The fraction of sp³-hybridized carbons (Fsp3) is 0.393. The molecular weight excluding hydrogens is 560 g/mol. The van der Waals surface area contributed by atoms with E-state index in [4.69, 9.17) is 42.8 Å². The van der Waals surface area contributed by atoms with Gasteiger partial charge in [-0.15, -0.1) is 4.68 Å². The van der Waals surface area contributed by atoms with Gasteiger partial charge >= 0.3 is 6.09 Å². The Morgan fingerprint density at radius 3 is 2.73 bits per heavy atom. The summed E-state index contributed by atoms with van der Waals surface area (Å²) in [5.41, 5.74) is 8.01. The molecule has 212 valence electrons. The number of hydrogen-bond donors (Lipinski definition) is 2. The number of benzene rings is 1. The van der Waals surface area contributed by atoms with Gasteiger partial charge in [0.05, 0.1) is 22.2 Å². The lowest BCUT2D eigenvalue weighted by atomic mass is 10.1. The van der Waals surface area contributed by atoms with Gasteiger partial charge in [0, 0.05) is 48.3 Å². The number of nitrogens with two attached hydrogens (primary N) is 1. The van der Waals surface area contributed by atoms with Gasteiger partial charge < -0.3 is 24.5 Å². The number of anilines is 1. The fourth-order valence-electron chi connectivity index (χ4n) is 4.85. The van der Waals surface area contributed by atoms with Gasteiger partial charge in [-0.2, -0.15) is 5.10 Å². The van der Waals surface area contributed by atoms with Gasteiger partial charge in [-0.3, -0.25) is 0 Å². The summed E-state index contributed by atoms with van der Waals surface area (Å²) in [6, 6.07) is 2.82. The molecule has 0 radical (unpaired) electrons. The van der Waals surface area contributed by atoms with Crippen molar-refractivity contribution in [3.8, 4) is 16.9 Å². The number of aromatic nitrogens is 3. The second-order valence-corrected chi connectivity index (χ2v) is 11.6. The Kier molecular flexibility index (Phi) is 7.58. The number of rotatable bonds is 5. The molecule has 0 saturated carbocycles. The fourth-order valence-corrected chi connectivity index (χ4v) is 5.53. The molecule has 1 saturated heterocycles. The van der Waals surface area contributed by atoms with Crippen LogP contribution in [0.1, 0.15) is 58.2 Å². The van der Waals surface area contributed by atoms with E-state index in [0.717, 1.165) is 24.0 Å². The molecule has 9 nitrogen and oxygen atoms in total. The van der Waals surface area contributed by atoms with Crippen LogP contribution >= 0.6 is 23.2 Å². The van der Waals surface area contributed by atoms with Gasteiger partial charge in [0.15, 0.2) is 17.4 Å².